The molecular formula is C13H12BrNOS. The van der Waals surface area contributed by atoms with Crippen LogP contribution >= 0.6 is 27.3 Å². The second-order valence-electron chi connectivity index (χ2n) is 3.64. The van der Waals surface area contributed by atoms with Gasteiger partial charge >= 0.3 is 0 Å². The molecule has 1 amide bonds. The van der Waals surface area contributed by atoms with Crippen LogP contribution in [0.1, 0.15) is 21.5 Å². The Morgan fingerprint density at radius 3 is 2.53 bits per heavy atom. The summed E-state index contributed by atoms with van der Waals surface area (Å²) in [5, 5.41) is 7.75. The normalized spacial score (nSPS) is 10.2. The van der Waals surface area contributed by atoms with Crippen LogP contribution in [0.25, 0.3) is 0 Å². The van der Waals surface area contributed by atoms with Crippen molar-refractivity contribution in [2.24, 2.45) is 0 Å². The molecule has 0 aliphatic heterocycles. The summed E-state index contributed by atoms with van der Waals surface area (Å²) >= 11 is 5.01. The van der Waals surface area contributed by atoms with E-state index in [4.69, 9.17) is 0 Å². The minimum absolute atomic E-state index is 0.0303. The van der Waals surface area contributed by atoms with Crippen molar-refractivity contribution >= 4 is 33.2 Å². The van der Waals surface area contributed by atoms with Gasteiger partial charge in [0.05, 0.1) is 0 Å². The Morgan fingerprint density at radius 1 is 1.18 bits per heavy atom. The summed E-state index contributed by atoms with van der Waals surface area (Å²) < 4.78 is 0. The maximum Gasteiger partial charge on any atom is 0.251 e. The van der Waals surface area contributed by atoms with E-state index in [1.54, 1.807) is 11.3 Å². The summed E-state index contributed by atoms with van der Waals surface area (Å²) in [5.41, 5.74) is 3.00. The Kier molecular flexibility index (Phi) is 4.34. The highest BCUT2D eigenvalue weighted by Crippen LogP contribution is 2.09. The lowest BCUT2D eigenvalue weighted by molar-refractivity contribution is 0.0951. The second kappa shape index (κ2) is 5.98. The van der Waals surface area contributed by atoms with Crippen LogP contribution < -0.4 is 5.32 Å². The molecule has 0 saturated heterocycles. The van der Waals surface area contributed by atoms with Crippen LogP contribution in [0, 0.1) is 0 Å². The molecule has 2 aromatic rings. The predicted molar refractivity (Wildman–Crippen MR) is 74.6 cm³/mol. The van der Waals surface area contributed by atoms with E-state index in [9.17, 15) is 4.79 Å². The minimum Gasteiger partial charge on any atom is -0.348 e. The number of carbonyl (C=O) groups excluding carboxylic acids is 1. The number of rotatable bonds is 4. The van der Waals surface area contributed by atoms with Crippen LogP contribution in [-0.2, 0) is 11.9 Å². The molecule has 2 nitrogen and oxygen atoms in total. The summed E-state index contributed by atoms with van der Waals surface area (Å²) in [6.07, 6.45) is 0. The molecule has 1 heterocycles. The SMILES string of the molecule is O=C(NCc1ccsc1)c1ccc(CBr)cc1. The summed E-state index contributed by atoms with van der Waals surface area (Å²) in [4.78, 5) is 11.8. The number of carbonyl (C=O) groups is 1. The van der Waals surface area contributed by atoms with Crippen molar-refractivity contribution in [2.75, 3.05) is 0 Å². The first-order valence-corrected chi connectivity index (χ1v) is 7.30. The Bertz CT molecular complexity index is 479. The van der Waals surface area contributed by atoms with Crippen molar-refractivity contribution < 1.29 is 4.79 Å². The third-order valence-electron chi connectivity index (χ3n) is 2.40. The molecule has 0 atom stereocenters. The van der Waals surface area contributed by atoms with Crippen LogP contribution in [0.15, 0.2) is 41.1 Å². The first-order chi connectivity index (χ1) is 8.29. The first-order valence-electron chi connectivity index (χ1n) is 5.24. The summed E-state index contributed by atoms with van der Waals surface area (Å²) in [6, 6.07) is 9.61. The molecule has 4 heteroatoms. The number of amides is 1. The highest BCUT2D eigenvalue weighted by Gasteiger charge is 2.04. The number of benzene rings is 1. The van der Waals surface area contributed by atoms with Gasteiger partial charge in [0.2, 0.25) is 0 Å². The summed E-state index contributed by atoms with van der Waals surface area (Å²) in [7, 11) is 0. The molecule has 1 aromatic heterocycles. The molecular weight excluding hydrogens is 298 g/mol. The average molecular weight is 310 g/mol. The largest absolute Gasteiger partial charge is 0.348 e. The molecule has 88 valence electrons. The van der Waals surface area contributed by atoms with Crippen LogP contribution in [0.2, 0.25) is 0 Å². The average Bonchev–Trinajstić information content (AvgIpc) is 2.89. The standard InChI is InChI=1S/C13H12BrNOS/c14-7-10-1-3-12(4-2-10)13(16)15-8-11-5-6-17-9-11/h1-6,9H,7-8H2,(H,15,16). The minimum atomic E-state index is -0.0303. The van der Waals surface area contributed by atoms with Crippen molar-refractivity contribution in [3.8, 4) is 0 Å². The van der Waals surface area contributed by atoms with Crippen molar-refractivity contribution in [3.63, 3.8) is 0 Å². The molecule has 1 aromatic carbocycles. The zero-order valence-corrected chi connectivity index (χ0v) is 11.6. The maximum absolute atomic E-state index is 11.8. The Morgan fingerprint density at radius 2 is 1.94 bits per heavy atom. The van der Waals surface area contributed by atoms with E-state index < -0.39 is 0 Å². The van der Waals surface area contributed by atoms with E-state index in [1.165, 1.54) is 5.56 Å². The third-order valence-corrected chi connectivity index (χ3v) is 3.78. The van der Waals surface area contributed by atoms with E-state index in [0.717, 1.165) is 10.9 Å². The summed E-state index contributed by atoms with van der Waals surface area (Å²) in [6.45, 7) is 0.586. The molecule has 0 radical (unpaired) electrons. The van der Waals surface area contributed by atoms with E-state index >= 15 is 0 Å². The maximum atomic E-state index is 11.8. The van der Waals surface area contributed by atoms with Gasteiger partial charge in [0.25, 0.3) is 5.91 Å². The van der Waals surface area contributed by atoms with Gasteiger partial charge in [0.1, 0.15) is 0 Å². The number of hydrogen-bond donors (Lipinski definition) is 1. The lowest BCUT2D eigenvalue weighted by Crippen LogP contribution is -2.22. The fraction of sp³-hybridized carbons (Fsp3) is 0.154. The lowest BCUT2D eigenvalue weighted by atomic mass is 10.1. The van der Waals surface area contributed by atoms with Crippen LogP contribution in [0.4, 0.5) is 0 Å². The van der Waals surface area contributed by atoms with E-state index in [-0.39, 0.29) is 5.91 Å². The summed E-state index contributed by atoms with van der Waals surface area (Å²) in [5.74, 6) is -0.0303. The van der Waals surface area contributed by atoms with Gasteiger partial charge in [-0.25, -0.2) is 0 Å². The van der Waals surface area contributed by atoms with Crippen molar-refractivity contribution in [3.05, 3.63) is 57.8 Å². The molecule has 0 saturated carbocycles. The van der Waals surface area contributed by atoms with Crippen molar-refractivity contribution in [1.82, 2.24) is 5.32 Å². The first kappa shape index (κ1) is 12.3. The van der Waals surface area contributed by atoms with Crippen LogP contribution in [0.5, 0.6) is 0 Å². The topological polar surface area (TPSA) is 29.1 Å². The van der Waals surface area contributed by atoms with Crippen LogP contribution in [-0.4, -0.2) is 5.91 Å². The van der Waals surface area contributed by atoms with Gasteiger partial charge in [-0.15, -0.1) is 0 Å². The van der Waals surface area contributed by atoms with Crippen LogP contribution in [0.3, 0.4) is 0 Å². The number of hydrogen-bond acceptors (Lipinski definition) is 2. The molecule has 0 unspecified atom stereocenters. The van der Waals surface area contributed by atoms with Gasteiger partial charge in [0, 0.05) is 17.4 Å². The van der Waals surface area contributed by atoms with E-state index in [1.807, 2.05) is 41.1 Å². The predicted octanol–water partition coefficient (Wildman–Crippen LogP) is 3.57. The van der Waals surface area contributed by atoms with E-state index in [0.29, 0.717) is 12.1 Å². The number of thiophene rings is 1. The molecule has 0 bridgehead atoms. The van der Waals surface area contributed by atoms with Gasteiger partial charge in [-0.1, -0.05) is 28.1 Å². The third kappa shape index (κ3) is 3.41. The molecule has 1 N–H and O–H groups in total. The van der Waals surface area contributed by atoms with Gasteiger partial charge in [-0.2, -0.15) is 11.3 Å². The lowest BCUT2D eigenvalue weighted by Gasteiger charge is -2.04. The zero-order valence-electron chi connectivity index (χ0n) is 9.15. The number of halogens is 1. The number of nitrogens with one attached hydrogen (secondary N) is 1. The van der Waals surface area contributed by atoms with Gasteiger partial charge in [0.15, 0.2) is 0 Å². The second-order valence-corrected chi connectivity index (χ2v) is 4.99. The van der Waals surface area contributed by atoms with Gasteiger partial charge in [-0.3, -0.25) is 4.79 Å². The monoisotopic (exact) mass is 309 g/mol. The Labute approximate surface area is 113 Å². The number of alkyl halides is 1. The fourth-order valence-electron chi connectivity index (χ4n) is 1.42. The smallest absolute Gasteiger partial charge is 0.251 e. The van der Waals surface area contributed by atoms with Crippen molar-refractivity contribution in [2.45, 2.75) is 11.9 Å². The zero-order chi connectivity index (χ0) is 12.1. The fourth-order valence-corrected chi connectivity index (χ4v) is 2.47. The van der Waals surface area contributed by atoms with Gasteiger partial charge < -0.3 is 5.32 Å². The quantitative estimate of drug-likeness (QED) is 0.859. The molecule has 17 heavy (non-hydrogen) atoms. The molecule has 0 fully saturated rings. The van der Waals surface area contributed by atoms with Crippen molar-refractivity contribution in [1.29, 1.82) is 0 Å². The Balaban J connectivity index is 1.95. The highest BCUT2D eigenvalue weighted by atomic mass is 79.9. The highest BCUT2D eigenvalue weighted by molar-refractivity contribution is 9.08. The van der Waals surface area contributed by atoms with Gasteiger partial charge in [-0.05, 0) is 40.1 Å². The molecule has 2 rings (SSSR count). The molecule has 0 spiro atoms. The molecule has 0 aliphatic carbocycles. The molecule has 0 aliphatic rings. The van der Waals surface area contributed by atoms with E-state index in [2.05, 4.69) is 21.2 Å². The Hall–Kier alpha value is -1.13.